The summed E-state index contributed by atoms with van der Waals surface area (Å²) in [7, 11) is 0. The second-order valence-corrected chi connectivity index (χ2v) is 16.2. The molecule has 0 saturated carbocycles. The van der Waals surface area contributed by atoms with Crippen molar-refractivity contribution in [2.24, 2.45) is 0 Å². The topological polar surface area (TPSA) is 0 Å². The molecule has 70 valence electrons. The summed E-state index contributed by atoms with van der Waals surface area (Å²) in [6.45, 7) is 0. The van der Waals surface area contributed by atoms with E-state index in [9.17, 15) is 13.2 Å². The molecule has 0 heterocycles. The molecule has 0 radical (unpaired) electrons. The molecule has 0 unspecified atom stereocenters. The van der Waals surface area contributed by atoms with Crippen molar-refractivity contribution in [3.63, 3.8) is 0 Å². The molecule has 0 atom stereocenters. The van der Waals surface area contributed by atoms with E-state index in [4.69, 9.17) is 45.0 Å². The second kappa shape index (κ2) is 3.26. The molecule has 0 fully saturated rings. The van der Waals surface area contributed by atoms with E-state index in [1.54, 1.807) is 0 Å². The Bertz CT molecular complexity index is 138. The van der Waals surface area contributed by atoms with Crippen molar-refractivity contribution in [2.45, 2.75) is 12.6 Å². The third kappa shape index (κ3) is 11.4. The second-order valence-electron chi connectivity index (χ2n) is 1.95. The van der Waals surface area contributed by atoms with Crippen LogP contribution in [0.2, 0.25) is 0 Å². The molecule has 0 spiro atoms. The average Bonchev–Trinajstić information content (AvgIpc) is 1.55. The molecule has 0 amide bonds. The molecular weight excluding hydrogens is 266 g/mol. The molecule has 8 heteroatoms. The minimum absolute atomic E-state index is 0.638. The summed E-state index contributed by atoms with van der Waals surface area (Å²) in [4.78, 5) is 0. The predicted molar refractivity (Wildman–Crippen MR) is 45.9 cm³/mol. The maximum atomic E-state index is 11.5. The molecule has 0 aliphatic carbocycles. The number of hydrogen-bond donors (Lipinski definition) is 0. The fourth-order valence-corrected chi connectivity index (χ4v) is 1.90. The van der Waals surface area contributed by atoms with Gasteiger partial charge >= 0.3 is 80.9 Å². The molecule has 0 aromatic rings. The van der Waals surface area contributed by atoms with Crippen LogP contribution in [0.4, 0.5) is 13.2 Å². The van der Waals surface area contributed by atoms with E-state index >= 15 is 0 Å². The molecule has 0 aliphatic rings. The van der Waals surface area contributed by atoms with Crippen LogP contribution < -0.4 is 0 Å². The molecule has 0 aromatic heterocycles. The first-order valence-corrected chi connectivity index (χ1v) is 8.45. The van der Waals surface area contributed by atoms with Gasteiger partial charge in [-0.2, -0.15) is 0 Å². The van der Waals surface area contributed by atoms with Crippen molar-refractivity contribution in [2.75, 3.05) is 6.16 Å². The van der Waals surface area contributed by atoms with Crippen LogP contribution in [0.15, 0.2) is 0 Å². The zero-order chi connectivity index (χ0) is 9.36. The Morgan fingerprint density at radius 3 is 1.45 bits per heavy atom. The van der Waals surface area contributed by atoms with Crippen LogP contribution in [-0.2, 0) is 0 Å². The van der Waals surface area contributed by atoms with Gasteiger partial charge in [-0.15, -0.1) is 0 Å². The molecule has 0 aromatic carbocycles. The van der Waals surface area contributed by atoms with E-state index in [-0.39, 0.29) is 0 Å². The Kier molecular flexibility index (Phi) is 3.67. The number of hydrogen-bond acceptors (Lipinski definition) is 0. The van der Waals surface area contributed by atoms with E-state index in [1.165, 1.54) is 0 Å². The van der Waals surface area contributed by atoms with Crippen molar-refractivity contribution in [1.82, 2.24) is 0 Å². The van der Waals surface area contributed by atoms with Gasteiger partial charge in [-0.05, 0) is 0 Å². The summed E-state index contributed by atoms with van der Waals surface area (Å²) in [5, 5.41) is 0. The number of rotatable bonds is 2. The molecule has 0 bridgehead atoms. The van der Waals surface area contributed by atoms with Gasteiger partial charge in [-0.25, -0.2) is 0 Å². The van der Waals surface area contributed by atoms with Crippen molar-refractivity contribution in [1.29, 1.82) is 0 Å². The Hall–Kier alpha value is 1.38. The van der Waals surface area contributed by atoms with Gasteiger partial charge in [0, 0.05) is 0 Å². The molecule has 0 aliphatic heterocycles. The Labute approximate surface area is 81.0 Å². The average molecular weight is 270 g/mol. The van der Waals surface area contributed by atoms with E-state index < -0.39 is 22.8 Å². The first-order valence-electron chi connectivity index (χ1n) is 2.41. The molecule has 0 N–H and O–H groups in total. The van der Waals surface area contributed by atoms with Crippen LogP contribution in [0, 0.1) is 0 Å². The molecule has 0 nitrogen and oxygen atoms in total. The Balaban J connectivity index is 3.92. The summed E-state index contributed by atoms with van der Waals surface area (Å²) in [6.07, 6.45) is -6.12. The Morgan fingerprint density at radius 1 is 1.00 bits per heavy atom. The van der Waals surface area contributed by atoms with Crippen molar-refractivity contribution < 1.29 is 13.2 Å². The molecule has 0 rings (SSSR count). The Morgan fingerprint density at radius 2 is 1.36 bits per heavy atom. The summed E-state index contributed by atoms with van der Waals surface area (Å²) >= 11 is 20.9. The normalized spacial score (nSPS) is 17.5. The maximum absolute atomic E-state index is 11.5. The predicted octanol–water partition coefficient (Wildman–Crippen LogP) is 5.11. The quantitative estimate of drug-likeness (QED) is 0.611. The first kappa shape index (κ1) is 12.4. The van der Waals surface area contributed by atoms with Crippen LogP contribution in [0.5, 0.6) is 0 Å². The van der Waals surface area contributed by atoms with Crippen LogP contribution in [0.1, 0.15) is 6.42 Å². The van der Waals surface area contributed by atoms with Crippen molar-refractivity contribution in [3.05, 3.63) is 0 Å². The van der Waals surface area contributed by atoms with E-state index in [0.29, 0.717) is 0 Å². The van der Waals surface area contributed by atoms with E-state index in [1.807, 2.05) is 0 Å². The van der Waals surface area contributed by atoms with E-state index in [2.05, 4.69) is 0 Å². The third-order valence-electron chi connectivity index (χ3n) is 0.733. The fraction of sp³-hybridized carbons (Fsp3) is 1.00. The standard InChI is InChI=1S/C3H4Cl4F3P/c4-11(5,6,7)2-1-3(8,9)10/h1-2H2. The number of alkyl halides is 3. The minimum atomic E-state index is -4.32. The summed E-state index contributed by atoms with van der Waals surface area (Å²) in [5.74, 6) is 0. The van der Waals surface area contributed by atoms with E-state index in [0.717, 1.165) is 0 Å². The van der Waals surface area contributed by atoms with Crippen molar-refractivity contribution in [3.8, 4) is 0 Å². The third-order valence-corrected chi connectivity index (χ3v) is 3.66. The SMILES string of the molecule is FC(F)(F)CCP(Cl)(Cl)(Cl)Cl. The van der Waals surface area contributed by atoms with Crippen LogP contribution in [0.3, 0.4) is 0 Å². The van der Waals surface area contributed by atoms with Gasteiger partial charge in [0.2, 0.25) is 0 Å². The van der Waals surface area contributed by atoms with Crippen LogP contribution >= 0.6 is 49.0 Å². The van der Waals surface area contributed by atoms with Gasteiger partial charge < -0.3 is 0 Å². The summed E-state index contributed by atoms with van der Waals surface area (Å²) < 4.78 is 30.6. The molecular formula is C3H4Cl4F3P. The van der Waals surface area contributed by atoms with Gasteiger partial charge in [-0.1, -0.05) is 0 Å². The van der Waals surface area contributed by atoms with Gasteiger partial charge in [0.15, 0.2) is 0 Å². The zero-order valence-corrected chi connectivity index (χ0v) is 8.93. The van der Waals surface area contributed by atoms with Crippen LogP contribution in [0.25, 0.3) is 0 Å². The zero-order valence-electron chi connectivity index (χ0n) is 5.01. The first-order chi connectivity index (χ1) is 4.46. The summed E-state index contributed by atoms with van der Waals surface area (Å²) in [5.41, 5.74) is 0. The van der Waals surface area contributed by atoms with Gasteiger partial charge in [0.25, 0.3) is 0 Å². The number of halogens is 7. The van der Waals surface area contributed by atoms with Crippen molar-refractivity contribution >= 4 is 49.0 Å². The monoisotopic (exact) mass is 268 g/mol. The summed E-state index contributed by atoms with van der Waals surface area (Å²) in [6, 6.07) is 0. The van der Waals surface area contributed by atoms with Gasteiger partial charge in [-0.3, -0.25) is 0 Å². The van der Waals surface area contributed by atoms with Gasteiger partial charge in [0.05, 0.1) is 0 Å². The van der Waals surface area contributed by atoms with Gasteiger partial charge in [0.1, 0.15) is 0 Å². The fourth-order valence-electron chi connectivity index (χ4n) is 0.296. The molecule has 11 heavy (non-hydrogen) atoms. The van der Waals surface area contributed by atoms with Crippen LogP contribution in [-0.4, -0.2) is 12.3 Å². The molecule has 0 saturated heterocycles.